The zero-order valence-corrected chi connectivity index (χ0v) is 40.0. The number of rotatable bonds is 9. The van der Waals surface area contributed by atoms with Gasteiger partial charge in [0.15, 0.2) is 0 Å². The molecule has 0 saturated heterocycles. The standard InChI is InChI=1S/C26H40.2C9H12.2CH3.2H4Si.2Zr/c1-18-20(3)25(7,8)16-22(18)14-12-11-13-15-24(5,6)23-17-26(9,10)21(4)19(23)2;2*1-7-5-6-9(3,4)8(7)2;;;;;;/h11-15H2,1-10H3;2*1-4H3;2*1H3;2*1H4;;. The summed E-state index contributed by atoms with van der Waals surface area (Å²) < 4.78 is 17.1. The van der Waals surface area contributed by atoms with Crippen LogP contribution in [0.1, 0.15) is 157 Å². The molecule has 278 valence electrons. The molecule has 6 rings (SSSR count). The van der Waals surface area contributed by atoms with Crippen molar-refractivity contribution in [2.24, 2.45) is 27.1 Å². The van der Waals surface area contributed by atoms with Gasteiger partial charge in [-0.3, -0.25) is 0 Å². The van der Waals surface area contributed by atoms with Gasteiger partial charge in [-0.15, -0.1) is 0 Å². The molecule has 2 aliphatic heterocycles. The van der Waals surface area contributed by atoms with E-state index in [0.29, 0.717) is 0 Å². The fourth-order valence-electron chi connectivity index (χ4n) is 12.9. The second kappa shape index (κ2) is 12.6. The van der Waals surface area contributed by atoms with E-state index >= 15 is 0 Å². The summed E-state index contributed by atoms with van der Waals surface area (Å²) >= 11 is -5.48. The van der Waals surface area contributed by atoms with Gasteiger partial charge in [-0.25, -0.2) is 0 Å². The van der Waals surface area contributed by atoms with E-state index in [1.54, 1.807) is 55.7 Å². The SMILES string of the molecule is CC1=C(C)C(C)(C)[C]([Zr]2([CH3])[C]3=[C]2C(C)(C)C(C)=C3C)=C1CCCCCC(C)(C)C1=[C]([Zr]2([CH3])[C]3=[C]2C(C)(C)C(C)=C3C)C(C)(C)C(C)=C1C.[SiH4].[SiH4]. The van der Waals surface area contributed by atoms with Gasteiger partial charge in [0, 0.05) is 0 Å². The zero-order valence-electron chi connectivity index (χ0n) is 35.0. The molecular weight excluding hydrogens is 791 g/mol. The van der Waals surface area contributed by atoms with Crippen LogP contribution in [0.4, 0.5) is 0 Å². The molecule has 0 saturated carbocycles. The monoisotopic (exact) mass is 866 g/mol. The molecule has 6 aliphatic rings. The van der Waals surface area contributed by atoms with Gasteiger partial charge >= 0.3 is 309 Å². The van der Waals surface area contributed by atoms with Crippen molar-refractivity contribution in [2.75, 3.05) is 0 Å². The van der Waals surface area contributed by atoms with Crippen molar-refractivity contribution in [3.63, 3.8) is 0 Å². The van der Waals surface area contributed by atoms with Crippen LogP contribution in [0.15, 0.2) is 75.4 Å². The Morgan fingerprint density at radius 2 is 0.820 bits per heavy atom. The van der Waals surface area contributed by atoms with Crippen LogP contribution in [-0.2, 0) is 40.5 Å². The second-order valence-corrected chi connectivity index (χ2v) is 38.7. The topological polar surface area (TPSA) is 0 Å². The molecule has 4 aliphatic carbocycles. The first-order valence-electron chi connectivity index (χ1n) is 19.5. The van der Waals surface area contributed by atoms with Crippen LogP contribution in [0.25, 0.3) is 0 Å². The Kier molecular flexibility index (Phi) is 10.8. The van der Waals surface area contributed by atoms with Crippen LogP contribution in [-0.4, -0.2) is 21.9 Å². The molecule has 0 fully saturated rings. The minimum Gasteiger partial charge on any atom is -0.0149 e. The van der Waals surface area contributed by atoms with Crippen molar-refractivity contribution < 1.29 is 40.5 Å². The van der Waals surface area contributed by atoms with Crippen LogP contribution in [0.5, 0.6) is 0 Å². The predicted octanol–water partition coefficient (Wildman–Crippen LogP) is 11.9. The molecule has 0 aromatic carbocycles. The first kappa shape index (κ1) is 42.9. The second-order valence-electron chi connectivity index (χ2n) is 20.3. The van der Waals surface area contributed by atoms with Gasteiger partial charge in [-0.2, -0.15) is 0 Å². The molecule has 0 aromatic heterocycles. The molecule has 0 N–H and O–H groups in total. The number of unbranched alkanes of at least 4 members (excludes halogenated alkanes) is 2. The molecule has 2 unspecified atom stereocenters. The Balaban J connectivity index is 0.00000281. The van der Waals surface area contributed by atoms with E-state index < -0.39 is 40.5 Å². The van der Waals surface area contributed by atoms with Gasteiger partial charge in [0.2, 0.25) is 0 Å². The molecule has 50 heavy (non-hydrogen) atoms. The van der Waals surface area contributed by atoms with Crippen molar-refractivity contribution >= 4 is 21.9 Å². The van der Waals surface area contributed by atoms with Gasteiger partial charge in [-0.05, 0) is 21.9 Å². The Bertz CT molecular complexity index is 1850. The molecular formula is C46H78Si2Zr2. The summed E-state index contributed by atoms with van der Waals surface area (Å²) in [5.41, 5.74) is 17.9. The summed E-state index contributed by atoms with van der Waals surface area (Å²) in [4.78, 5) is 0. The fraction of sp³-hybridized carbons (Fsp3) is 0.652. The Hall–Kier alpha value is 0.120. The third-order valence-electron chi connectivity index (χ3n) is 16.4. The summed E-state index contributed by atoms with van der Waals surface area (Å²) in [6.07, 6.45) is 6.58. The quantitative estimate of drug-likeness (QED) is 0.160. The van der Waals surface area contributed by atoms with E-state index in [4.69, 9.17) is 0 Å². The van der Waals surface area contributed by atoms with Crippen molar-refractivity contribution in [2.45, 2.75) is 166 Å². The first-order chi connectivity index (χ1) is 21.7. The predicted molar refractivity (Wildman–Crippen MR) is 228 cm³/mol. The van der Waals surface area contributed by atoms with Gasteiger partial charge in [-0.1, -0.05) is 0 Å². The first-order valence-corrected chi connectivity index (χ1v) is 31.7. The number of hydrogen-bond acceptors (Lipinski definition) is 0. The fourth-order valence-corrected chi connectivity index (χ4v) is 50.4. The van der Waals surface area contributed by atoms with E-state index in [-0.39, 0.29) is 49.0 Å². The average molecular weight is 870 g/mol. The minimum absolute atomic E-state index is 0. The molecule has 4 heteroatoms. The maximum atomic E-state index is 2.79. The number of hydrogen-bond donors (Lipinski definition) is 0. The average Bonchev–Trinajstić information content (AvgIpc) is 3.72. The van der Waals surface area contributed by atoms with Crippen LogP contribution < -0.4 is 0 Å². The zero-order chi connectivity index (χ0) is 36.3. The molecule has 0 radical (unpaired) electrons. The van der Waals surface area contributed by atoms with E-state index in [0.717, 1.165) is 0 Å². The molecule has 0 spiro atoms. The molecule has 2 heterocycles. The third-order valence-corrected chi connectivity index (χ3v) is 41.7. The van der Waals surface area contributed by atoms with Crippen molar-refractivity contribution in [1.29, 1.82) is 0 Å². The summed E-state index contributed by atoms with van der Waals surface area (Å²) in [5, 5.41) is 0. The Morgan fingerprint density at radius 3 is 1.24 bits per heavy atom. The van der Waals surface area contributed by atoms with E-state index in [1.807, 2.05) is 19.7 Å². The summed E-state index contributed by atoms with van der Waals surface area (Å²) in [6, 6.07) is 0. The van der Waals surface area contributed by atoms with Gasteiger partial charge in [0.25, 0.3) is 0 Å². The minimum atomic E-state index is -2.78. The van der Waals surface area contributed by atoms with Gasteiger partial charge in [0.1, 0.15) is 0 Å². The smallest absolute Gasteiger partial charge is 0.0149 e. The van der Waals surface area contributed by atoms with Crippen LogP contribution >= 0.6 is 0 Å². The third kappa shape index (κ3) is 5.22. The molecule has 0 aromatic rings. The van der Waals surface area contributed by atoms with Crippen molar-refractivity contribution in [1.82, 2.24) is 0 Å². The van der Waals surface area contributed by atoms with Crippen molar-refractivity contribution in [3.8, 4) is 0 Å². The Morgan fingerprint density at radius 1 is 0.460 bits per heavy atom. The maximum Gasteiger partial charge on any atom is -0.0149 e. The van der Waals surface area contributed by atoms with Crippen LogP contribution in [0, 0.1) is 27.1 Å². The number of allylic oxidation sites excluding steroid dienone is 16. The summed E-state index contributed by atoms with van der Waals surface area (Å²) in [6.45, 7) is 45.1. The molecule has 0 bridgehead atoms. The van der Waals surface area contributed by atoms with Crippen LogP contribution in [0.3, 0.4) is 0 Å². The van der Waals surface area contributed by atoms with Crippen molar-refractivity contribution in [3.05, 3.63) is 75.4 Å². The summed E-state index contributed by atoms with van der Waals surface area (Å²) in [7, 11) is 0. The molecule has 0 amide bonds. The van der Waals surface area contributed by atoms with Gasteiger partial charge in [0.05, 0.1) is 0 Å². The molecule has 2 atom stereocenters. The summed E-state index contributed by atoms with van der Waals surface area (Å²) in [5.74, 6) is 0. The van der Waals surface area contributed by atoms with Crippen LogP contribution in [0.2, 0.25) is 9.26 Å². The normalized spacial score (nSPS) is 30.2. The maximum absolute atomic E-state index is 2.79. The largest absolute Gasteiger partial charge is 0.0149 e. The van der Waals surface area contributed by atoms with E-state index in [9.17, 15) is 0 Å². The van der Waals surface area contributed by atoms with E-state index in [2.05, 4.69) is 134 Å². The van der Waals surface area contributed by atoms with Gasteiger partial charge < -0.3 is 0 Å². The van der Waals surface area contributed by atoms with E-state index in [1.165, 1.54) is 32.1 Å². The molecule has 0 nitrogen and oxygen atoms in total. The Labute approximate surface area is 327 Å².